The summed E-state index contributed by atoms with van der Waals surface area (Å²) >= 11 is 0. The number of benzene rings is 1. The Morgan fingerprint density at radius 2 is 1.96 bits per heavy atom. The minimum atomic E-state index is 0.427. The zero-order valence-electron chi connectivity index (χ0n) is 14.1. The predicted molar refractivity (Wildman–Crippen MR) is 97.9 cm³/mol. The molecule has 126 valence electrons. The Morgan fingerprint density at radius 3 is 2.75 bits per heavy atom. The average molecular weight is 324 g/mol. The summed E-state index contributed by atoms with van der Waals surface area (Å²) in [5.74, 6) is 0.990. The molecule has 3 rings (SSSR count). The molecule has 0 aliphatic heterocycles. The number of aryl methyl sites for hydroxylation is 1. The number of aromatic nitrogens is 4. The molecule has 0 atom stereocenters. The molecule has 1 aromatic carbocycles. The van der Waals surface area contributed by atoms with E-state index in [1.54, 1.807) is 6.33 Å². The molecule has 0 unspecified atom stereocenters. The van der Waals surface area contributed by atoms with Crippen LogP contribution in [0.5, 0.6) is 0 Å². The Kier molecular flexibility index (Phi) is 5.25. The highest BCUT2D eigenvalue weighted by molar-refractivity contribution is 5.82. The molecule has 6 nitrogen and oxygen atoms in total. The summed E-state index contributed by atoms with van der Waals surface area (Å²) in [6, 6.07) is 10.3. The maximum Gasteiger partial charge on any atom is 0.226 e. The standard InChI is InChI=1S/C18H24N6/c1-2-3-7-12-24-13-21-15-16(19)22-18(23-17(15)24)20-11-10-14-8-5-4-6-9-14/h4-6,8-9,13H,2-3,7,10-12H2,1H3,(H3,19,20,22,23). The summed E-state index contributed by atoms with van der Waals surface area (Å²) in [7, 11) is 0. The quantitative estimate of drug-likeness (QED) is 0.622. The van der Waals surface area contributed by atoms with E-state index in [1.165, 1.54) is 18.4 Å². The molecule has 0 spiro atoms. The first kappa shape index (κ1) is 16.2. The van der Waals surface area contributed by atoms with Crippen molar-refractivity contribution in [1.29, 1.82) is 0 Å². The van der Waals surface area contributed by atoms with Gasteiger partial charge in [0, 0.05) is 13.1 Å². The van der Waals surface area contributed by atoms with Crippen LogP contribution in [0.25, 0.3) is 11.2 Å². The first-order valence-corrected chi connectivity index (χ1v) is 8.54. The second-order valence-electron chi connectivity index (χ2n) is 5.91. The van der Waals surface area contributed by atoms with Crippen molar-refractivity contribution < 1.29 is 0 Å². The second-order valence-corrected chi connectivity index (χ2v) is 5.91. The van der Waals surface area contributed by atoms with Crippen LogP contribution in [0.2, 0.25) is 0 Å². The van der Waals surface area contributed by atoms with E-state index in [1.807, 2.05) is 18.2 Å². The van der Waals surface area contributed by atoms with E-state index in [2.05, 4.69) is 43.9 Å². The van der Waals surface area contributed by atoms with Crippen LogP contribution in [-0.2, 0) is 13.0 Å². The number of rotatable bonds is 8. The van der Waals surface area contributed by atoms with Crippen molar-refractivity contribution in [3.05, 3.63) is 42.2 Å². The number of imidazole rings is 1. The summed E-state index contributed by atoms with van der Waals surface area (Å²) in [5.41, 5.74) is 8.81. The average Bonchev–Trinajstić information content (AvgIpc) is 3.00. The van der Waals surface area contributed by atoms with Crippen LogP contribution in [-0.4, -0.2) is 26.1 Å². The Hall–Kier alpha value is -2.63. The minimum Gasteiger partial charge on any atom is -0.382 e. The largest absolute Gasteiger partial charge is 0.382 e. The molecule has 0 saturated carbocycles. The normalized spacial score (nSPS) is 11.0. The lowest BCUT2D eigenvalue weighted by Gasteiger charge is -2.08. The number of nitrogens with two attached hydrogens (primary N) is 1. The summed E-state index contributed by atoms with van der Waals surface area (Å²) in [4.78, 5) is 13.3. The monoisotopic (exact) mass is 324 g/mol. The number of unbranched alkanes of at least 4 members (excludes halogenated alkanes) is 2. The van der Waals surface area contributed by atoms with E-state index in [0.717, 1.165) is 31.6 Å². The summed E-state index contributed by atoms with van der Waals surface area (Å²) < 4.78 is 2.06. The number of hydrogen-bond donors (Lipinski definition) is 2. The van der Waals surface area contributed by atoms with E-state index in [4.69, 9.17) is 5.73 Å². The van der Waals surface area contributed by atoms with Gasteiger partial charge in [0.05, 0.1) is 6.33 Å². The van der Waals surface area contributed by atoms with Crippen LogP contribution in [0.15, 0.2) is 36.7 Å². The number of nitrogens with zero attached hydrogens (tertiary/aromatic N) is 4. The number of fused-ring (bicyclic) bond motifs is 1. The number of anilines is 2. The van der Waals surface area contributed by atoms with Crippen molar-refractivity contribution in [2.24, 2.45) is 0 Å². The third kappa shape index (κ3) is 3.82. The molecule has 0 aliphatic carbocycles. The zero-order valence-corrected chi connectivity index (χ0v) is 14.1. The summed E-state index contributed by atoms with van der Waals surface area (Å²) in [6.45, 7) is 3.87. The molecule has 0 radical (unpaired) electrons. The van der Waals surface area contributed by atoms with Gasteiger partial charge in [-0.25, -0.2) is 4.98 Å². The fourth-order valence-corrected chi connectivity index (χ4v) is 2.70. The van der Waals surface area contributed by atoms with Gasteiger partial charge < -0.3 is 15.6 Å². The van der Waals surface area contributed by atoms with Crippen molar-refractivity contribution in [2.45, 2.75) is 39.2 Å². The van der Waals surface area contributed by atoms with Gasteiger partial charge in [0.2, 0.25) is 5.95 Å². The molecule has 0 fully saturated rings. The van der Waals surface area contributed by atoms with Gasteiger partial charge in [-0.1, -0.05) is 50.1 Å². The first-order valence-electron chi connectivity index (χ1n) is 8.54. The van der Waals surface area contributed by atoms with E-state index in [-0.39, 0.29) is 0 Å². The van der Waals surface area contributed by atoms with Gasteiger partial charge in [0.15, 0.2) is 11.5 Å². The molecule has 0 amide bonds. The lowest BCUT2D eigenvalue weighted by Crippen LogP contribution is -2.10. The van der Waals surface area contributed by atoms with Crippen LogP contribution in [0, 0.1) is 0 Å². The van der Waals surface area contributed by atoms with Crippen molar-refractivity contribution in [1.82, 2.24) is 19.5 Å². The zero-order chi connectivity index (χ0) is 16.8. The molecule has 3 N–H and O–H groups in total. The van der Waals surface area contributed by atoms with Crippen LogP contribution in [0.1, 0.15) is 31.7 Å². The third-order valence-corrected chi connectivity index (χ3v) is 4.03. The van der Waals surface area contributed by atoms with E-state index in [9.17, 15) is 0 Å². The molecule has 24 heavy (non-hydrogen) atoms. The maximum atomic E-state index is 6.04. The topological polar surface area (TPSA) is 81.7 Å². The number of nitrogen functional groups attached to an aromatic ring is 1. The minimum absolute atomic E-state index is 0.427. The van der Waals surface area contributed by atoms with Gasteiger partial charge in [0.1, 0.15) is 5.52 Å². The molecular formula is C18H24N6. The molecule has 0 aliphatic rings. The summed E-state index contributed by atoms with van der Waals surface area (Å²) in [5, 5.41) is 3.27. The number of hydrogen-bond acceptors (Lipinski definition) is 5. The SMILES string of the molecule is CCCCCn1cnc2c(N)nc(NCCc3ccccc3)nc21. The summed E-state index contributed by atoms with van der Waals surface area (Å²) in [6.07, 6.45) is 6.22. The lowest BCUT2D eigenvalue weighted by molar-refractivity contribution is 0.610. The van der Waals surface area contributed by atoms with E-state index >= 15 is 0 Å². The van der Waals surface area contributed by atoms with Crippen molar-refractivity contribution in [3.8, 4) is 0 Å². The first-order chi connectivity index (χ1) is 11.8. The molecule has 2 heterocycles. The van der Waals surface area contributed by atoms with Gasteiger partial charge in [-0.2, -0.15) is 9.97 Å². The maximum absolute atomic E-state index is 6.04. The molecule has 0 bridgehead atoms. The van der Waals surface area contributed by atoms with E-state index < -0.39 is 0 Å². The molecule has 6 heteroatoms. The Bertz CT molecular complexity index is 781. The van der Waals surface area contributed by atoms with E-state index in [0.29, 0.717) is 17.3 Å². The number of nitrogens with one attached hydrogen (secondary N) is 1. The third-order valence-electron chi connectivity index (χ3n) is 4.03. The van der Waals surface area contributed by atoms with Crippen LogP contribution >= 0.6 is 0 Å². The highest BCUT2D eigenvalue weighted by Crippen LogP contribution is 2.18. The molecule has 2 aromatic heterocycles. The van der Waals surface area contributed by atoms with Crippen molar-refractivity contribution in [2.75, 3.05) is 17.6 Å². The van der Waals surface area contributed by atoms with Crippen LogP contribution < -0.4 is 11.1 Å². The second kappa shape index (κ2) is 7.77. The van der Waals surface area contributed by atoms with Gasteiger partial charge in [-0.05, 0) is 18.4 Å². The Balaban J connectivity index is 1.70. The fourth-order valence-electron chi connectivity index (χ4n) is 2.70. The highest BCUT2D eigenvalue weighted by atomic mass is 15.2. The molecular weight excluding hydrogens is 300 g/mol. The lowest BCUT2D eigenvalue weighted by atomic mass is 10.1. The highest BCUT2D eigenvalue weighted by Gasteiger charge is 2.11. The predicted octanol–water partition coefficient (Wildman–Crippen LogP) is 3.25. The molecule has 3 aromatic rings. The van der Waals surface area contributed by atoms with Crippen LogP contribution in [0.3, 0.4) is 0 Å². The Labute approximate surface area is 142 Å². The van der Waals surface area contributed by atoms with Gasteiger partial charge >= 0.3 is 0 Å². The van der Waals surface area contributed by atoms with Gasteiger partial charge in [0.25, 0.3) is 0 Å². The molecule has 0 saturated heterocycles. The van der Waals surface area contributed by atoms with Crippen molar-refractivity contribution in [3.63, 3.8) is 0 Å². The van der Waals surface area contributed by atoms with Gasteiger partial charge in [-0.15, -0.1) is 0 Å². The van der Waals surface area contributed by atoms with Crippen molar-refractivity contribution >= 4 is 22.9 Å². The fraction of sp³-hybridized carbons (Fsp3) is 0.389. The Morgan fingerprint density at radius 1 is 1.12 bits per heavy atom. The van der Waals surface area contributed by atoms with Crippen LogP contribution in [0.4, 0.5) is 11.8 Å². The van der Waals surface area contributed by atoms with Gasteiger partial charge in [-0.3, -0.25) is 0 Å². The smallest absolute Gasteiger partial charge is 0.226 e.